The molecule has 1 aliphatic rings. The standard InChI is InChI=1S/C27H31N3O3/c1-4-5-15-28(26(32)19-33-3)18-25(31)30-23-13-7-6-12-22(23)29-16-9-14-24(29)27(30)21-11-8-10-20(2)17-21/h6-14,16-17,27H,4-5,15,18-19H2,1-3H3. The maximum atomic E-state index is 13.9. The number of unbranched alkanes of at least 4 members (excludes halogenated alkanes) is 1. The number of nitrogens with zero attached hydrogens (tertiary/aromatic N) is 3. The lowest BCUT2D eigenvalue weighted by atomic mass is 9.96. The molecule has 0 N–H and O–H groups in total. The summed E-state index contributed by atoms with van der Waals surface area (Å²) in [4.78, 5) is 30.1. The van der Waals surface area contributed by atoms with Crippen LogP contribution < -0.4 is 4.90 Å². The molecule has 3 aromatic rings. The first-order valence-electron chi connectivity index (χ1n) is 11.5. The maximum Gasteiger partial charge on any atom is 0.249 e. The van der Waals surface area contributed by atoms with Crippen molar-refractivity contribution in [2.45, 2.75) is 32.7 Å². The minimum absolute atomic E-state index is 0.0134. The number of aromatic nitrogens is 1. The third-order valence-electron chi connectivity index (χ3n) is 6.07. The van der Waals surface area contributed by atoms with Gasteiger partial charge in [0.2, 0.25) is 11.8 Å². The van der Waals surface area contributed by atoms with E-state index in [4.69, 9.17) is 4.74 Å². The number of hydrogen-bond donors (Lipinski definition) is 0. The molecule has 0 saturated carbocycles. The van der Waals surface area contributed by atoms with Crippen LogP contribution in [-0.4, -0.2) is 48.1 Å². The van der Waals surface area contributed by atoms with Crippen molar-refractivity contribution in [1.29, 1.82) is 0 Å². The highest BCUT2D eigenvalue weighted by Crippen LogP contribution is 2.42. The zero-order valence-electron chi connectivity index (χ0n) is 19.5. The molecule has 0 spiro atoms. The predicted molar refractivity (Wildman–Crippen MR) is 130 cm³/mol. The Labute approximate surface area is 195 Å². The van der Waals surface area contributed by atoms with Gasteiger partial charge in [0.25, 0.3) is 0 Å². The van der Waals surface area contributed by atoms with Crippen molar-refractivity contribution in [3.05, 3.63) is 83.7 Å². The van der Waals surface area contributed by atoms with Crippen LogP contribution >= 0.6 is 0 Å². The van der Waals surface area contributed by atoms with Crippen LogP contribution in [0.1, 0.15) is 42.6 Å². The molecule has 2 heterocycles. The monoisotopic (exact) mass is 445 g/mol. The first-order chi connectivity index (χ1) is 16.0. The fraction of sp³-hybridized carbons (Fsp3) is 0.333. The Balaban J connectivity index is 1.77. The maximum absolute atomic E-state index is 13.9. The predicted octanol–water partition coefficient (Wildman–Crippen LogP) is 4.50. The summed E-state index contributed by atoms with van der Waals surface area (Å²) >= 11 is 0. The zero-order valence-corrected chi connectivity index (χ0v) is 19.5. The lowest BCUT2D eigenvalue weighted by Crippen LogP contribution is -2.47. The molecule has 6 heteroatoms. The fourth-order valence-corrected chi connectivity index (χ4v) is 4.51. The average Bonchev–Trinajstić information content (AvgIpc) is 3.30. The number of rotatable bonds is 8. The number of para-hydroxylation sites is 2. The van der Waals surface area contributed by atoms with E-state index in [-0.39, 0.29) is 31.0 Å². The van der Waals surface area contributed by atoms with Crippen LogP contribution in [-0.2, 0) is 14.3 Å². The highest BCUT2D eigenvalue weighted by Gasteiger charge is 2.36. The third-order valence-corrected chi connectivity index (χ3v) is 6.07. The number of fused-ring (bicyclic) bond motifs is 3. The highest BCUT2D eigenvalue weighted by atomic mass is 16.5. The molecule has 2 aromatic carbocycles. The van der Waals surface area contributed by atoms with Crippen LogP contribution in [0.15, 0.2) is 66.9 Å². The van der Waals surface area contributed by atoms with Gasteiger partial charge in [0, 0.05) is 19.9 Å². The Kier molecular flexibility index (Phi) is 6.94. The van der Waals surface area contributed by atoms with E-state index in [1.54, 1.807) is 4.90 Å². The summed E-state index contributed by atoms with van der Waals surface area (Å²) < 4.78 is 7.22. The molecule has 1 unspecified atom stereocenters. The second kappa shape index (κ2) is 10.0. The van der Waals surface area contributed by atoms with Crippen molar-refractivity contribution in [3.63, 3.8) is 0 Å². The number of carbonyl (C=O) groups is 2. The summed E-state index contributed by atoms with van der Waals surface area (Å²) in [7, 11) is 1.50. The summed E-state index contributed by atoms with van der Waals surface area (Å²) in [6.07, 6.45) is 3.81. The lowest BCUT2D eigenvalue weighted by Gasteiger charge is -2.39. The Morgan fingerprint density at radius 2 is 1.82 bits per heavy atom. The van der Waals surface area contributed by atoms with Crippen LogP contribution in [0.25, 0.3) is 5.69 Å². The number of aryl methyl sites for hydroxylation is 1. The summed E-state index contributed by atoms with van der Waals surface area (Å²) in [5, 5.41) is 0. The van der Waals surface area contributed by atoms with Gasteiger partial charge >= 0.3 is 0 Å². The molecule has 1 atom stereocenters. The van der Waals surface area contributed by atoms with E-state index >= 15 is 0 Å². The van der Waals surface area contributed by atoms with Gasteiger partial charge in [-0.05, 0) is 43.2 Å². The van der Waals surface area contributed by atoms with E-state index < -0.39 is 0 Å². The molecule has 0 aliphatic carbocycles. The van der Waals surface area contributed by atoms with Gasteiger partial charge in [-0.1, -0.05) is 55.3 Å². The molecule has 33 heavy (non-hydrogen) atoms. The number of methoxy groups -OCH3 is 1. The normalized spacial score (nSPS) is 14.5. The van der Waals surface area contributed by atoms with Crippen molar-refractivity contribution in [2.75, 3.05) is 31.7 Å². The molecule has 0 bridgehead atoms. The number of hydrogen-bond acceptors (Lipinski definition) is 3. The van der Waals surface area contributed by atoms with Crippen molar-refractivity contribution >= 4 is 17.5 Å². The van der Waals surface area contributed by atoms with Gasteiger partial charge in [0.15, 0.2) is 0 Å². The molecule has 172 valence electrons. The number of amides is 2. The van der Waals surface area contributed by atoms with E-state index in [0.717, 1.165) is 41.0 Å². The summed E-state index contributed by atoms with van der Waals surface area (Å²) in [5.41, 5.74) is 5.00. The zero-order chi connectivity index (χ0) is 23.4. The largest absolute Gasteiger partial charge is 0.375 e. The molecular weight excluding hydrogens is 414 g/mol. The van der Waals surface area contributed by atoms with Crippen LogP contribution in [0.5, 0.6) is 0 Å². The van der Waals surface area contributed by atoms with E-state index in [0.29, 0.717) is 6.54 Å². The third kappa shape index (κ3) is 4.57. The van der Waals surface area contributed by atoms with E-state index in [9.17, 15) is 9.59 Å². The quantitative estimate of drug-likeness (QED) is 0.513. The van der Waals surface area contributed by atoms with E-state index in [1.807, 2.05) is 47.5 Å². The lowest BCUT2D eigenvalue weighted by molar-refractivity contribution is -0.138. The van der Waals surface area contributed by atoms with Crippen molar-refractivity contribution < 1.29 is 14.3 Å². The molecule has 1 aromatic heterocycles. The Bertz CT molecular complexity index is 1140. The number of ether oxygens (including phenoxy) is 1. The average molecular weight is 446 g/mol. The van der Waals surface area contributed by atoms with Crippen molar-refractivity contribution in [3.8, 4) is 5.69 Å². The van der Waals surface area contributed by atoms with Crippen LogP contribution in [0.3, 0.4) is 0 Å². The van der Waals surface area contributed by atoms with Gasteiger partial charge in [-0.2, -0.15) is 0 Å². The minimum atomic E-state index is -0.284. The smallest absolute Gasteiger partial charge is 0.249 e. The SMILES string of the molecule is CCCCN(CC(=O)N1c2ccccc2-n2cccc2C1c1cccc(C)c1)C(=O)COC. The highest BCUT2D eigenvalue weighted by molar-refractivity contribution is 6.00. The number of anilines is 1. The van der Waals surface area contributed by atoms with Crippen LogP contribution in [0.2, 0.25) is 0 Å². The summed E-state index contributed by atoms with van der Waals surface area (Å²) in [6.45, 7) is 4.65. The Morgan fingerprint density at radius 1 is 1.03 bits per heavy atom. The Hall–Kier alpha value is -3.38. The van der Waals surface area contributed by atoms with Crippen LogP contribution in [0, 0.1) is 6.92 Å². The fourth-order valence-electron chi connectivity index (χ4n) is 4.51. The van der Waals surface area contributed by atoms with Crippen molar-refractivity contribution in [1.82, 2.24) is 9.47 Å². The number of benzene rings is 2. The Morgan fingerprint density at radius 3 is 2.55 bits per heavy atom. The number of carbonyl (C=O) groups excluding carboxylic acids is 2. The minimum Gasteiger partial charge on any atom is -0.375 e. The second-order valence-electron chi connectivity index (χ2n) is 8.47. The van der Waals surface area contributed by atoms with Crippen molar-refractivity contribution in [2.24, 2.45) is 0 Å². The topological polar surface area (TPSA) is 54.8 Å². The first-order valence-corrected chi connectivity index (χ1v) is 11.5. The molecular formula is C27H31N3O3. The van der Waals surface area contributed by atoms with Gasteiger partial charge in [-0.25, -0.2) is 0 Å². The molecule has 0 fully saturated rings. The van der Waals surface area contributed by atoms with Gasteiger partial charge in [-0.3, -0.25) is 14.5 Å². The summed E-state index contributed by atoms with van der Waals surface area (Å²) in [5.74, 6) is -0.276. The van der Waals surface area contributed by atoms with Gasteiger partial charge in [0.1, 0.15) is 19.2 Å². The van der Waals surface area contributed by atoms with E-state index in [2.05, 4.69) is 42.7 Å². The van der Waals surface area contributed by atoms with Gasteiger partial charge in [-0.15, -0.1) is 0 Å². The molecule has 2 amide bonds. The first kappa shape index (κ1) is 22.8. The van der Waals surface area contributed by atoms with Gasteiger partial charge < -0.3 is 14.2 Å². The molecule has 1 aliphatic heterocycles. The molecule has 0 saturated heterocycles. The van der Waals surface area contributed by atoms with E-state index in [1.165, 1.54) is 7.11 Å². The second-order valence-corrected chi connectivity index (χ2v) is 8.47. The molecule has 6 nitrogen and oxygen atoms in total. The van der Waals surface area contributed by atoms with Crippen LogP contribution in [0.4, 0.5) is 5.69 Å². The summed E-state index contributed by atoms with van der Waals surface area (Å²) in [6, 6.07) is 20.0. The van der Waals surface area contributed by atoms with Gasteiger partial charge in [0.05, 0.1) is 17.1 Å². The molecule has 4 rings (SSSR count). The molecule has 0 radical (unpaired) electrons.